The number of hydrogen-bond donors (Lipinski definition) is 0. The second kappa shape index (κ2) is 6.22. The van der Waals surface area contributed by atoms with Crippen LogP contribution in [0.5, 0.6) is 0 Å². The molecular weight excluding hydrogens is 302 g/mol. The Balaban J connectivity index is 2.15. The van der Waals surface area contributed by atoms with Crippen molar-refractivity contribution in [3.8, 4) is 0 Å². The van der Waals surface area contributed by atoms with Gasteiger partial charge < -0.3 is 14.0 Å². The minimum Gasteiger partial charge on any atom is -0.466 e. The number of rotatable bonds is 4. The molecule has 1 saturated heterocycles. The predicted octanol–water partition coefficient (Wildman–Crippen LogP) is 2.74. The van der Waals surface area contributed by atoms with Crippen molar-refractivity contribution in [1.29, 1.82) is 0 Å². The summed E-state index contributed by atoms with van der Waals surface area (Å²) in [6.07, 6.45) is 0.163. The van der Waals surface area contributed by atoms with Gasteiger partial charge in [0.25, 0.3) is 0 Å². The van der Waals surface area contributed by atoms with Gasteiger partial charge in [0, 0.05) is 5.02 Å². The van der Waals surface area contributed by atoms with E-state index in [2.05, 4.69) is 0 Å². The maximum Gasteiger partial charge on any atom is 0.494 e. The van der Waals surface area contributed by atoms with Gasteiger partial charge in [-0.15, -0.1) is 0 Å². The van der Waals surface area contributed by atoms with Crippen LogP contribution in [0.2, 0.25) is 5.02 Å². The first-order chi connectivity index (χ1) is 10.2. The Morgan fingerprint density at radius 3 is 2.32 bits per heavy atom. The Morgan fingerprint density at radius 2 is 1.82 bits per heavy atom. The lowest BCUT2D eigenvalue weighted by atomic mass is 9.78. The average molecular weight is 325 g/mol. The van der Waals surface area contributed by atoms with E-state index in [0.29, 0.717) is 11.6 Å². The summed E-state index contributed by atoms with van der Waals surface area (Å²) >= 11 is 6.28. The molecule has 0 aliphatic carbocycles. The molecule has 6 heteroatoms. The quantitative estimate of drug-likeness (QED) is 0.631. The standard InChI is InChI=1S/C16H22BClO4/c1-6-20-14(19)9-11-7-8-12(10-13(11)18)17-21-15(2,3)16(4,5)22-17/h7-8,10H,6,9H2,1-5H3. The highest BCUT2D eigenvalue weighted by atomic mass is 35.5. The fraction of sp³-hybridized carbons (Fsp3) is 0.562. The molecule has 0 aromatic heterocycles. The summed E-state index contributed by atoms with van der Waals surface area (Å²) in [6, 6.07) is 5.49. The number of halogens is 1. The molecule has 0 N–H and O–H groups in total. The van der Waals surface area contributed by atoms with Crippen molar-refractivity contribution in [1.82, 2.24) is 0 Å². The molecule has 0 amide bonds. The van der Waals surface area contributed by atoms with E-state index >= 15 is 0 Å². The van der Waals surface area contributed by atoms with Crippen molar-refractivity contribution < 1.29 is 18.8 Å². The van der Waals surface area contributed by atoms with E-state index in [1.54, 1.807) is 13.0 Å². The predicted molar refractivity (Wildman–Crippen MR) is 87.5 cm³/mol. The summed E-state index contributed by atoms with van der Waals surface area (Å²) in [5.74, 6) is -0.284. The number of hydrogen-bond acceptors (Lipinski definition) is 4. The molecule has 1 fully saturated rings. The Kier molecular flexibility index (Phi) is 4.90. The second-order valence-electron chi connectivity index (χ2n) is 6.42. The maximum absolute atomic E-state index is 11.5. The normalized spacial score (nSPS) is 19.3. The topological polar surface area (TPSA) is 44.8 Å². The summed E-state index contributed by atoms with van der Waals surface area (Å²) in [5.41, 5.74) is 0.790. The highest BCUT2D eigenvalue weighted by molar-refractivity contribution is 6.62. The van der Waals surface area contributed by atoms with Gasteiger partial charge in [-0.1, -0.05) is 23.7 Å². The summed E-state index contributed by atoms with van der Waals surface area (Å²) in [4.78, 5) is 11.5. The molecule has 4 nitrogen and oxygen atoms in total. The van der Waals surface area contributed by atoms with Crippen LogP contribution in [-0.4, -0.2) is 30.9 Å². The molecule has 1 aliphatic rings. The first-order valence-electron chi connectivity index (χ1n) is 7.46. The Bertz CT molecular complexity index is 555. The summed E-state index contributed by atoms with van der Waals surface area (Å²) in [5, 5.41) is 0.514. The summed E-state index contributed by atoms with van der Waals surface area (Å²) in [6.45, 7) is 10.2. The fourth-order valence-electron chi connectivity index (χ4n) is 2.20. The molecule has 22 heavy (non-hydrogen) atoms. The second-order valence-corrected chi connectivity index (χ2v) is 6.83. The van der Waals surface area contributed by atoms with Crippen LogP contribution in [0.25, 0.3) is 0 Å². The highest BCUT2D eigenvalue weighted by Gasteiger charge is 2.51. The van der Waals surface area contributed by atoms with Gasteiger partial charge in [0.15, 0.2) is 0 Å². The van der Waals surface area contributed by atoms with Gasteiger partial charge in [-0.05, 0) is 51.7 Å². The SMILES string of the molecule is CCOC(=O)Cc1ccc(B2OC(C)(C)C(C)(C)O2)cc1Cl. The van der Waals surface area contributed by atoms with Crippen molar-refractivity contribution in [2.75, 3.05) is 6.61 Å². The molecule has 120 valence electrons. The van der Waals surface area contributed by atoms with Gasteiger partial charge in [0.1, 0.15) is 0 Å². The Morgan fingerprint density at radius 1 is 1.23 bits per heavy atom. The van der Waals surface area contributed by atoms with Crippen LogP contribution >= 0.6 is 11.6 Å². The summed E-state index contributed by atoms with van der Waals surface area (Å²) < 4.78 is 16.9. The zero-order chi connectivity index (χ0) is 16.5. The zero-order valence-corrected chi connectivity index (χ0v) is 14.5. The molecule has 2 rings (SSSR count). The largest absolute Gasteiger partial charge is 0.494 e. The lowest BCUT2D eigenvalue weighted by molar-refractivity contribution is -0.142. The first-order valence-corrected chi connectivity index (χ1v) is 7.83. The van der Waals surface area contributed by atoms with Gasteiger partial charge in [0.2, 0.25) is 0 Å². The molecule has 0 bridgehead atoms. The molecule has 0 unspecified atom stereocenters. The van der Waals surface area contributed by atoms with Gasteiger partial charge in [0.05, 0.1) is 24.2 Å². The molecule has 1 aliphatic heterocycles. The maximum atomic E-state index is 11.5. The van der Waals surface area contributed by atoms with Crippen molar-refractivity contribution >= 4 is 30.2 Å². The van der Waals surface area contributed by atoms with E-state index in [-0.39, 0.29) is 12.4 Å². The first kappa shape index (κ1) is 17.3. The fourth-order valence-corrected chi connectivity index (χ4v) is 2.46. The highest BCUT2D eigenvalue weighted by Crippen LogP contribution is 2.36. The lowest BCUT2D eigenvalue weighted by Gasteiger charge is -2.32. The number of esters is 1. The van der Waals surface area contributed by atoms with Crippen LogP contribution in [0.15, 0.2) is 18.2 Å². The van der Waals surface area contributed by atoms with Crippen LogP contribution in [-0.2, 0) is 25.3 Å². The van der Waals surface area contributed by atoms with Gasteiger partial charge in [-0.3, -0.25) is 4.79 Å². The molecule has 0 saturated carbocycles. The van der Waals surface area contributed by atoms with E-state index in [9.17, 15) is 4.79 Å². The Hall–Kier alpha value is -1.04. The van der Waals surface area contributed by atoms with Gasteiger partial charge in [-0.2, -0.15) is 0 Å². The van der Waals surface area contributed by atoms with Crippen LogP contribution < -0.4 is 5.46 Å². The van der Waals surface area contributed by atoms with E-state index in [4.69, 9.17) is 25.6 Å². The number of carbonyl (C=O) groups excluding carboxylic acids is 1. The molecule has 0 atom stereocenters. The third-order valence-corrected chi connectivity index (χ3v) is 4.59. The number of carbonyl (C=O) groups is 1. The van der Waals surface area contributed by atoms with Crippen LogP contribution in [0.1, 0.15) is 40.2 Å². The van der Waals surface area contributed by atoms with E-state index in [1.165, 1.54) is 0 Å². The monoisotopic (exact) mass is 324 g/mol. The van der Waals surface area contributed by atoms with Crippen LogP contribution in [0.3, 0.4) is 0 Å². The third kappa shape index (κ3) is 3.48. The van der Waals surface area contributed by atoms with Crippen LogP contribution in [0, 0.1) is 0 Å². The molecule has 1 heterocycles. The third-order valence-electron chi connectivity index (χ3n) is 4.24. The number of ether oxygens (including phenoxy) is 1. The van der Waals surface area contributed by atoms with Crippen molar-refractivity contribution in [2.24, 2.45) is 0 Å². The van der Waals surface area contributed by atoms with Gasteiger partial charge in [-0.25, -0.2) is 0 Å². The van der Waals surface area contributed by atoms with E-state index in [0.717, 1.165) is 11.0 Å². The van der Waals surface area contributed by atoms with Crippen molar-refractivity contribution in [2.45, 2.75) is 52.2 Å². The minimum atomic E-state index is -0.459. The average Bonchev–Trinajstić information content (AvgIpc) is 2.61. The molecule has 1 aromatic rings. The lowest BCUT2D eigenvalue weighted by Crippen LogP contribution is -2.41. The minimum absolute atomic E-state index is 0.163. The number of benzene rings is 1. The van der Waals surface area contributed by atoms with E-state index in [1.807, 2.05) is 39.8 Å². The smallest absolute Gasteiger partial charge is 0.466 e. The van der Waals surface area contributed by atoms with Gasteiger partial charge >= 0.3 is 13.1 Å². The van der Waals surface area contributed by atoms with Crippen molar-refractivity contribution in [3.63, 3.8) is 0 Å². The zero-order valence-electron chi connectivity index (χ0n) is 13.7. The molecular formula is C16H22BClO4. The van der Waals surface area contributed by atoms with E-state index < -0.39 is 18.3 Å². The summed E-state index contributed by atoms with van der Waals surface area (Å²) in [7, 11) is -0.459. The molecule has 1 aromatic carbocycles. The Labute approximate surface area is 137 Å². The molecule has 0 spiro atoms. The van der Waals surface area contributed by atoms with Crippen LogP contribution in [0.4, 0.5) is 0 Å². The molecule has 0 radical (unpaired) electrons. The van der Waals surface area contributed by atoms with Crippen molar-refractivity contribution in [3.05, 3.63) is 28.8 Å².